The second-order valence-corrected chi connectivity index (χ2v) is 7.01. The van der Waals surface area contributed by atoms with Crippen LogP contribution in [0.2, 0.25) is 0 Å². The predicted octanol–water partition coefficient (Wildman–Crippen LogP) is 3.20. The Morgan fingerprint density at radius 2 is 2.35 bits per heavy atom. The van der Waals surface area contributed by atoms with Gasteiger partial charge in [0, 0.05) is 6.04 Å². The Bertz CT molecular complexity index is 424. The minimum atomic E-state index is -0.105. The summed E-state index contributed by atoms with van der Waals surface area (Å²) in [6, 6.07) is 7.34. The molecule has 0 aliphatic carbocycles. The maximum absolute atomic E-state index is 5.94. The Morgan fingerprint density at radius 3 is 3.12 bits per heavy atom. The summed E-state index contributed by atoms with van der Waals surface area (Å²) in [6.07, 6.45) is 3.74. The molecule has 1 atom stereocenters. The van der Waals surface area contributed by atoms with Crippen LogP contribution in [0.1, 0.15) is 32.3 Å². The summed E-state index contributed by atoms with van der Waals surface area (Å²) in [5, 5.41) is 3.54. The van der Waals surface area contributed by atoms with Crippen molar-refractivity contribution in [3.8, 4) is 5.75 Å². The van der Waals surface area contributed by atoms with Crippen molar-refractivity contribution in [2.24, 2.45) is 0 Å². The average molecular weight is 249 g/mol. The van der Waals surface area contributed by atoms with Crippen LogP contribution < -0.4 is 10.1 Å². The number of fused-ring (bicyclic) bond motifs is 1. The second kappa shape index (κ2) is 4.21. The van der Waals surface area contributed by atoms with E-state index in [0.717, 1.165) is 12.2 Å². The van der Waals surface area contributed by atoms with Crippen LogP contribution in [0.3, 0.4) is 0 Å². The Hall–Kier alpha value is -0.670. The van der Waals surface area contributed by atoms with E-state index in [1.165, 1.54) is 29.8 Å². The standard InChI is InChI=1S/C14H19NOS/c1-14(2)16-12-9-10(5-6-13(12)17-14)8-11-4-3-7-15-11/h5-6,9,11,15H,3-4,7-8H2,1-2H3. The van der Waals surface area contributed by atoms with E-state index < -0.39 is 0 Å². The Balaban J connectivity index is 1.76. The molecule has 17 heavy (non-hydrogen) atoms. The third-order valence-corrected chi connectivity index (χ3v) is 4.50. The summed E-state index contributed by atoms with van der Waals surface area (Å²) in [5.74, 6) is 1.07. The average Bonchev–Trinajstić information content (AvgIpc) is 2.83. The summed E-state index contributed by atoms with van der Waals surface area (Å²) in [7, 11) is 0. The zero-order valence-corrected chi connectivity index (χ0v) is 11.3. The fourth-order valence-corrected chi connectivity index (χ4v) is 3.61. The highest BCUT2D eigenvalue weighted by molar-refractivity contribution is 8.00. The molecule has 1 fully saturated rings. The van der Waals surface area contributed by atoms with Crippen LogP contribution in [0.15, 0.2) is 23.1 Å². The molecule has 1 aromatic rings. The van der Waals surface area contributed by atoms with Crippen LogP contribution in [0.25, 0.3) is 0 Å². The van der Waals surface area contributed by atoms with Crippen LogP contribution in [0.5, 0.6) is 5.75 Å². The number of hydrogen-bond acceptors (Lipinski definition) is 3. The van der Waals surface area contributed by atoms with Gasteiger partial charge in [-0.2, -0.15) is 0 Å². The van der Waals surface area contributed by atoms with Gasteiger partial charge in [-0.1, -0.05) is 17.8 Å². The molecule has 0 amide bonds. The Kier molecular flexibility index (Phi) is 2.83. The first-order valence-corrected chi connectivity index (χ1v) is 7.18. The maximum Gasteiger partial charge on any atom is 0.153 e. The van der Waals surface area contributed by atoms with Gasteiger partial charge in [0.25, 0.3) is 0 Å². The fourth-order valence-electron chi connectivity index (χ4n) is 2.61. The molecule has 3 heteroatoms. The zero-order chi connectivity index (χ0) is 11.9. The molecule has 0 aromatic heterocycles. The Labute approximate surface area is 107 Å². The van der Waals surface area contributed by atoms with Gasteiger partial charge < -0.3 is 10.1 Å². The quantitative estimate of drug-likeness (QED) is 0.869. The summed E-state index contributed by atoms with van der Waals surface area (Å²) in [4.78, 5) is 1.17. The SMILES string of the molecule is CC1(C)Oc2cc(CC3CCCN3)ccc2S1. The minimum Gasteiger partial charge on any atom is -0.476 e. The van der Waals surface area contributed by atoms with E-state index in [9.17, 15) is 0 Å². The molecule has 1 aromatic carbocycles. The largest absolute Gasteiger partial charge is 0.476 e. The number of rotatable bonds is 2. The lowest BCUT2D eigenvalue weighted by Gasteiger charge is -2.15. The predicted molar refractivity (Wildman–Crippen MR) is 71.7 cm³/mol. The van der Waals surface area contributed by atoms with Gasteiger partial charge in [0.1, 0.15) is 5.75 Å². The van der Waals surface area contributed by atoms with E-state index in [1.807, 2.05) is 0 Å². The van der Waals surface area contributed by atoms with E-state index in [4.69, 9.17) is 4.74 Å². The summed E-state index contributed by atoms with van der Waals surface area (Å²) >= 11 is 1.81. The van der Waals surface area contributed by atoms with Crippen molar-refractivity contribution in [2.45, 2.75) is 49.0 Å². The molecular weight excluding hydrogens is 230 g/mol. The van der Waals surface area contributed by atoms with Gasteiger partial charge in [0.15, 0.2) is 4.93 Å². The molecule has 92 valence electrons. The molecule has 1 saturated heterocycles. The van der Waals surface area contributed by atoms with Crippen molar-refractivity contribution < 1.29 is 4.74 Å². The van der Waals surface area contributed by atoms with Crippen LogP contribution in [-0.4, -0.2) is 17.5 Å². The number of thioether (sulfide) groups is 1. The number of hydrogen-bond donors (Lipinski definition) is 1. The molecule has 1 unspecified atom stereocenters. The molecule has 2 aliphatic rings. The van der Waals surface area contributed by atoms with Crippen molar-refractivity contribution >= 4 is 11.8 Å². The van der Waals surface area contributed by atoms with Crippen molar-refractivity contribution in [3.05, 3.63) is 23.8 Å². The molecule has 0 saturated carbocycles. The first kappa shape index (κ1) is 11.4. The minimum absolute atomic E-state index is 0.105. The molecule has 2 nitrogen and oxygen atoms in total. The number of benzene rings is 1. The third kappa shape index (κ3) is 2.45. The second-order valence-electron chi connectivity index (χ2n) is 5.38. The first-order valence-electron chi connectivity index (χ1n) is 6.37. The fraction of sp³-hybridized carbons (Fsp3) is 0.571. The molecule has 0 spiro atoms. The van der Waals surface area contributed by atoms with Gasteiger partial charge in [-0.3, -0.25) is 0 Å². The molecule has 3 rings (SSSR count). The monoisotopic (exact) mass is 249 g/mol. The molecule has 0 radical (unpaired) electrons. The van der Waals surface area contributed by atoms with Crippen molar-refractivity contribution in [3.63, 3.8) is 0 Å². The topological polar surface area (TPSA) is 21.3 Å². The summed E-state index contributed by atoms with van der Waals surface area (Å²) in [5.41, 5.74) is 1.39. The van der Waals surface area contributed by atoms with E-state index >= 15 is 0 Å². The van der Waals surface area contributed by atoms with Crippen molar-refractivity contribution in [1.82, 2.24) is 5.32 Å². The summed E-state index contributed by atoms with van der Waals surface area (Å²) < 4.78 is 5.94. The van der Waals surface area contributed by atoms with Gasteiger partial charge in [-0.15, -0.1) is 0 Å². The number of nitrogens with one attached hydrogen (secondary N) is 1. The number of ether oxygens (including phenoxy) is 1. The van der Waals surface area contributed by atoms with Gasteiger partial charge in [0.05, 0.1) is 4.90 Å². The normalized spacial score (nSPS) is 25.6. The van der Waals surface area contributed by atoms with Gasteiger partial charge in [-0.05, 0) is 57.4 Å². The van der Waals surface area contributed by atoms with Crippen LogP contribution in [0, 0.1) is 0 Å². The summed E-state index contributed by atoms with van der Waals surface area (Å²) in [6.45, 7) is 5.42. The smallest absolute Gasteiger partial charge is 0.153 e. The van der Waals surface area contributed by atoms with E-state index in [0.29, 0.717) is 6.04 Å². The van der Waals surface area contributed by atoms with Gasteiger partial charge in [-0.25, -0.2) is 0 Å². The first-order chi connectivity index (χ1) is 8.12. The molecule has 0 bridgehead atoms. The third-order valence-electron chi connectivity index (χ3n) is 3.36. The lowest BCUT2D eigenvalue weighted by atomic mass is 10.0. The van der Waals surface area contributed by atoms with Gasteiger partial charge >= 0.3 is 0 Å². The lowest BCUT2D eigenvalue weighted by Crippen LogP contribution is -2.23. The maximum atomic E-state index is 5.94. The Morgan fingerprint density at radius 1 is 1.47 bits per heavy atom. The highest BCUT2D eigenvalue weighted by Crippen LogP contribution is 2.47. The van der Waals surface area contributed by atoms with E-state index in [1.54, 1.807) is 11.8 Å². The van der Waals surface area contributed by atoms with Crippen molar-refractivity contribution in [1.29, 1.82) is 0 Å². The highest BCUT2D eigenvalue weighted by Gasteiger charge is 2.31. The van der Waals surface area contributed by atoms with Crippen molar-refractivity contribution in [2.75, 3.05) is 6.54 Å². The van der Waals surface area contributed by atoms with E-state index in [2.05, 4.69) is 37.4 Å². The molecule has 2 aliphatic heterocycles. The lowest BCUT2D eigenvalue weighted by molar-refractivity contribution is 0.214. The molecule has 1 N–H and O–H groups in total. The van der Waals surface area contributed by atoms with Crippen LogP contribution in [-0.2, 0) is 6.42 Å². The van der Waals surface area contributed by atoms with Gasteiger partial charge in [0.2, 0.25) is 0 Å². The molecule has 2 heterocycles. The zero-order valence-electron chi connectivity index (χ0n) is 10.5. The highest BCUT2D eigenvalue weighted by atomic mass is 32.2. The molecular formula is C14H19NOS. The van der Waals surface area contributed by atoms with Crippen LogP contribution in [0.4, 0.5) is 0 Å². The van der Waals surface area contributed by atoms with E-state index in [-0.39, 0.29) is 4.93 Å². The van der Waals surface area contributed by atoms with Crippen LogP contribution >= 0.6 is 11.8 Å².